The number of amides is 1. The van der Waals surface area contributed by atoms with E-state index in [0.29, 0.717) is 24.6 Å². The number of hydrogen-bond donors (Lipinski definition) is 0. The molecule has 2 aromatic rings. The lowest BCUT2D eigenvalue weighted by Crippen LogP contribution is -2.36. The molecular formula is C20H23F3N4O. The summed E-state index contributed by atoms with van der Waals surface area (Å²) in [5.41, 5.74) is 1.53. The lowest BCUT2D eigenvalue weighted by Gasteiger charge is -2.32. The van der Waals surface area contributed by atoms with E-state index in [0.717, 1.165) is 36.2 Å². The minimum atomic E-state index is -4.37. The van der Waals surface area contributed by atoms with Crippen LogP contribution in [0.15, 0.2) is 30.5 Å². The maximum Gasteiger partial charge on any atom is 0.416 e. The van der Waals surface area contributed by atoms with E-state index in [1.165, 1.54) is 12.1 Å². The Bertz CT molecular complexity index is 842. The molecule has 0 radical (unpaired) electrons. The molecule has 0 unspecified atom stereocenters. The molecule has 150 valence electrons. The van der Waals surface area contributed by atoms with Gasteiger partial charge in [0.2, 0.25) is 11.9 Å². The topological polar surface area (TPSA) is 49.3 Å². The number of hydrogen-bond acceptors (Lipinski definition) is 4. The number of likely N-dealkylation sites (tertiary alicyclic amines) is 1. The highest BCUT2D eigenvalue weighted by Crippen LogP contribution is 2.36. The van der Waals surface area contributed by atoms with Crippen molar-refractivity contribution in [3.05, 3.63) is 41.7 Å². The van der Waals surface area contributed by atoms with Gasteiger partial charge in [-0.05, 0) is 30.5 Å². The van der Waals surface area contributed by atoms with E-state index in [4.69, 9.17) is 4.98 Å². The number of aromatic nitrogens is 2. The van der Waals surface area contributed by atoms with Crippen LogP contribution in [-0.2, 0) is 11.0 Å². The molecule has 3 rings (SSSR count). The van der Waals surface area contributed by atoms with Gasteiger partial charge in [-0.2, -0.15) is 13.2 Å². The number of rotatable bonds is 3. The van der Waals surface area contributed by atoms with Gasteiger partial charge >= 0.3 is 6.18 Å². The summed E-state index contributed by atoms with van der Waals surface area (Å²) in [5, 5.41) is 0. The second-order valence-corrected chi connectivity index (χ2v) is 7.22. The predicted molar refractivity (Wildman–Crippen MR) is 101 cm³/mol. The molecule has 0 spiro atoms. The van der Waals surface area contributed by atoms with Crippen molar-refractivity contribution in [2.45, 2.75) is 31.9 Å². The van der Waals surface area contributed by atoms with E-state index in [2.05, 4.69) is 4.98 Å². The number of anilines is 1. The molecule has 1 aromatic heterocycles. The van der Waals surface area contributed by atoms with Gasteiger partial charge in [-0.1, -0.05) is 12.1 Å². The molecule has 1 aliphatic rings. The molecule has 1 aromatic carbocycles. The molecule has 0 N–H and O–H groups in total. The van der Waals surface area contributed by atoms with Crippen LogP contribution in [0.2, 0.25) is 0 Å². The van der Waals surface area contributed by atoms with E-state index < -0.39 is 11.7 Å². The largest absolute Gasteiger partial charge is 0.416 e. The van der Waals surface area contributed by atoms with Crippen LogP contribution in [0.3, 0.4) is 0 Å². The Morgan fingerprint density at radius 1 is 1.14 bits per heavy atom. The fourth-order valence-corrected chi connectivity index (χ4v) is 3.44. The van der Waals surface area contributed by atoms with Crippen molar-refractivity contribution in [3.8, 4) is 11.1 Å². The normalized spacial score (nSPS) is 15.6. The second kappa shape index (κ2) is 7.77. The first-order chi connectivity index (χ1) is 13.2. The van der Waals surface area contributed by atoms with Crippen LogP contribution in [0, 0.1) is 0 Å². The first kappa shape index (κ1) is 20.1. The molecule has 8 heteroatoms. The number of carbonyl (C=O) groups excluding carboxylic acids is 1. The Balaban J connectivity index is 1.96. The maximum absolute atomic E-state index is 12.9. The molecule has 2 heterocycles. The molecule has 1 saturated heterocycles. The van der Waals surface area contributed by atoms with Gasteiger partial charge in [0.05, 0.1) is 11.3 Å². The number of piperidine rings is 1. The van der Waals surface area contributed by atoms with Crippen LogP contribution in [0.5, 0.6) is 0 Å². The average molecular weight is 392 g/mol. The van der Waals surface area contributed by atoms with Gasteiger partial charge in [0.25, 0.3) is 0 Å². The molecule has 0 aliphatic carbocycles. The third-order valence-corrected chi connectivity index (χ3v) is 5.06. The summed E-state index contributed by atoms with van der Waals surface area (Å²) in [6.07, 6.45) is -1.17. The molecule has 0 atom stereocenters. The van der Waals surface area contributed by atoms with E-state index in [9.17, 15) is 18.0 Å². The molecule has 1 fully saturated rings. The van der Waals surface area contributed by atoms with Crippen molar-refractivity contribution in [2.75, 3.05) is 32.1 Å². The van der Waals surface area contributed by atoms with E-state index in [1.54, 1.807) is 18.0 Å². The maximum atomic E-state index is 12.9. The standard InChI is InChI=1S/C20H23F3N4O/c1-13(28)27-10-8-15(9-11-27)18-17(12-24-19(25-18)26(2)3)14-4-6-16(7-5-14)20(21,22)23/h4-7,12,15H,8-11H2,1-3H3. The summed E-state index contributed by atoms with van der Waals surface area (Å²) in [6.45, 7) is 2.85. The van der Waals surface area contributed by atoms with Crippen LogP contribution in [0.25, 0.3) is 11.1 Å². The van der Waals surface area contributed by atoms with Gasteiger partial charge in [0, 0.05) is 51.8 Å². The summed E-state index contributed by atoms with van der Waals surface area (Å²) >= 11 is 0. The van der Waals surface area contributed by atoms with Crippen LogP contribution < -0.4 is 4.90 Å². The van der Waals surface area contributed by atoms with Gasteiger partial charge in [0.15, 0.2) is 0 Å². The highest BCUT2D eigenvalue weighted by atomic mass is 19.4. The van der Waals surface area contributed by atoms with Crippen LogP contribution >= 0.6 is 0 Å². The molecular weight excluding hydrogens is 369 g/mol. The monoisotopic (exact) mass is 392 g/mol. The fourth-order valence-electron chi connectivity index (χ4n) is 3.44. The van der Waals surface area contributed by atoms with Crippen molar-refractivity contribution >= 4 is 11.9 Å². The van der Waals surface area contributed by atoms with Crippen LogP contribution in [-0.4, -0.2) is 48.0 Å². The number of nitrogens with zero attached hydrogens (tertiary/aromatic N) is 4. The second-order valence-electron chi connectivity index (χ2n) is 7.22. The van der Waals surface area contributed by atoms with Gasteiger partial charge in [-0.3, -0.25) is 4.79 Å². The lowest BCUT2D eigenvalue weighted by atomic mass is 9.88. The van der Waals surface area contributed by atoms with Crippen molar-refractivity contribution < 1.29 is 18.0 Å². The third-order valence-electron chi connectivity index (χ3n) is 5.06. The Labute approximate surface area is 162 Å². The Morgan fingerprint density at radius 3 is 2.25 bits per heavy atom. The predicted octanol–water partition coefficient (Wildman–Crippen LogP) is 3.95. The molecule has 0 bridgehead atoms. The summed E-state index contributed by atoms with van der Waals surface area (Å²) in [7, 11) is 3.69. The van der Waals surface area contributed by atoms with Gasteiger partial charge in [-0.25, -0.2) is 9.97 Å². The zero-order valence-corrected chi connectivity index (χ0v) is 16.1. The molecule has 1 aliphatic heterocycles. The average Bonchev–Trinajstić information content (AvgIpc) is 2.67. The lowest BCUT2D eigenvalue weighted by molar-refractivity contribution is -0.137. The van der Waals surface area contributed by atoms with Gasteiger partial charge < -0.3 is 9.80 Å². The van der Waals surface area contributed by atoms with Gasteiger partial charge in [0.1, 0.15) is 0 Å². The summed E-state index contributed by atoms with van der Waals surface area (Å²) in [4.78, 5) is 24.2. The van der Waals surface area contributed by atoms with Crippen molar-refractivity contribution in [1.29, 1.82) is 0 Å². The SMILES string of the molecule is CC(=O)N1CCC(c2nc(N(C)C)ncc2-c2ccc(C(F)(F)F)cc2)CC1. The number of alkyl halides is 3. The minimum absolute atomic E-state index is 0.0538. The third kappa shape index (κ3) is 4.26. The quantitative estimate of drug-likeness (QED) is 0.794. The van der Waals surface area contributed by atoms with E-state index in [-0.39, 0.29) is 11.8 Å². The Morgan fingerprint density at radius 2 is 1.75 bits per heavy atom. The van der Waals surface area contributed by atoms with E-state index >= 15 is 0 Å². The highest BCUT2D eigenvalue weighted by Gasteiger charge is 2.30. The minimum Gasteiger partial charge on any atom is -0.347 e. The van der Waals surface area contributed by atoms with Gasteiger partial charge in [-0.15, -0.1) is 0 Å². The Kier molecular flexibility index (Phi) is 5.58. The summed E-state index contributed by atoms with van der Waals surface area (Å²) in [6, 6.07) is 5.09. The first-order valence-electron chi connectivity index (χ1n) is 9.14. The van der Waals surface area contributed by atoms with Crippen LogP contribution in [0.1, 0.15) is 36.9 Å². The highest BCUT2D eigenvalue weighted by molar-refractivity contribution is 5.73. The molecule has 0 saturated carbocycles. The van der Waals surface area contributed by atoms with E-state index in [1.807, 2.05) is 19.0 Å². The Hall–Kier alpha value is -2.64. The number of benzene rings is 1. The summed E-state index contributed by atoms with van der Waals surface area (Å²) < 4.78 is 38.6. The molecule has 1 amide bonds. The van der Waals surface area contributed by atoms with Crippen molar-refractivity contribution in [2.24, 2.45) is 0 Å². The number of carbonyl (C=O) groups is 1. The first-order valence-corrected chi connectivity index (χ1v) is 9.14. The molecule has 5 nitrogen and oxygen atoms in total. The van der Waals surface area contributed by atoms with Crippen LogP contribution in [0.4, 0.5) is 19.1 Å². The smallest absolute Gasteiger partial charge is 0.347 e. The number of halogens is 3. The summed E-state index contributed by atoms with van der Waals surface area (Å²) in [5.74, 6) is 0.729. The van der Waals surface area contributed by atoms with Crippen molar-refractivity contribution in [3.63, 3.8) is 0 Å². The van der Waals surface area contributed by atoms with Crippen molar-refractivity contribution in [1.82, 2.24) is 14.9 Å². The fraction of sp³-hybridized carbons (Fsp3) is 0.450. The zero-order valence-electron chi connectivity index (χ0n) is 16.1. The zero-order chi connectivity index (χ0) is 20.5. The molecule has 28 heavy (non-hydrogen) atoms.